The Bertz CT molecular complexity index is 389. The highest BCUT2D eigenvalue weighted by atomic mass is 35.5. The fourth-order valence-electron chi connectivity index (χ4n) is 1.68. The zero-order chi connectivity index (χ0) is 12.9. The smallest absolute Gasteiger partial charge is 0.251 e. The Labute approximate surface area is 116 Å². The Balaban J connectivity index is 0.00000289. The first-order valence-corrected chi connectivity index (χ1v) is 6.15. The Hall–Kier alpha value is -1.06. The van der Waals surface area contributed by atoms with Gasteiger partial charge < -0.3 is 11.1 Å². The topological polar surface area (TPSA) is 55.1 Å². The number of carbonyl (C=O) groups excluding carboxylic acids is 1. The fourth-order valence-corrected chi connectivity index (χ4v) is 1.68. The number of nitrogens with two attached hydrogens (primary N) is 1. The van der Waals surface area contributed by atoms with E-state index in [1.807, 2.05) is 45.0 Å². The molecule has 0 atom stereocenters. The molecule has 1 rings (SSSR count). The van der Waals surface area contributed by atoms with Gasteiger partial charge >= 0.3 is 0 Å². The second-order valence-electron chi connectivity index (χ2n) is 4.57. The van der Waals surface area contributed by atoms with Gasteiger partial charge in [0, 0.05) is 17.6 Å². The maximum absolute atomic E-state index is 12.0. The highest BCUT2D eigenvalue weighted by molar-refractivity contribution is 5.95. The van der Waals surface area contributed by atoms with Crippen LogP contribution in [0, 0.1) is 6.92 Å². The summed E-state index contributed by atoms with van der Waals surface area (Å²) >= 11 is 0. The third kappa shape index (κ3) is 4.31. The van der Waals surface area contributed by atoms with Crippen molar-refractivity contribution in [3.63, 3.8) is 0 Å². The van der Waals surface area contributed by atoms with Crippen LogP contribution in [0.4, 0.5) is 0 Å². The van der Waals surface area contributed by atoms with Crippen molar-refractivity contribution >= 4 is 18.3 Å². The van der Waals surface area contributed by atoms with E-state index in [9.17, 15) is 4.79 Å². The molecule has 0 aliphatic carbocycles. The molecule has 0 aliphatic heterocycles. The average Bonchev–Trinajstić information content (AvgIpc) is 2.36. The zero-order valence-corrected chi connectivity index (χ0v) is 12.1. The molecule has 0 aliphatic rings. The van der Waals surface area contributed by atoms with E-state index >= 15 is 0 Å². The van der Waals surface area contributed by atoms with E-state index < -0.39 is 0 Å². The monoisotopic (exact) mass is 270 g/mol. The van der Waals surface area contributed by atoms with Gasteiger partial charge in [-0.2, -0.15) is 0 Å². The quantitative estimate of drug-likeness (QED) is 0.864. The van der Waals surface area contributed by atoms with Gasteiger partial charge in [-0.3, -0.25) is 4.79 Å². The fraction of sp³-hybridized carbons (Fsp3) is 0.500. The summed E-state index contributed by atoms with van der Waals surface area (Å²) in [6.07, 6.45) is 1.72. The number of carbonyl (C=O) groups is 1. The molecule has 0 spiro atoms. The lowest BCUT2D eigenvalue weighted by Gasteiger charge is -2.26. The van der Waals surface area contributed by atoms with E-state index in [1.165, 1.54) is 0 Å². The predicted octanol–water partition coefficient (Wildman–Crippen LogP) is 2.66. The Morgan fingerprint density at radius 3 is 2.33 bits per heavy atom. The molecule has 0 bridgehead atoms. The van der Waals surface area contributed by atoms with Crippen molar-refractivity contribution in [1.82, 2.24) is 5.32 Å². The molecule has 3 N–H and O–H groups in total. The van der Waals surface area contributed by atoms with Gasteiger partial charge in [-0.1, -0.05) is 32.0 Å². The van der Waals surface area contributed by atoms with Gasteiger partial charge in [-0.15, -0.1) is 12.4 Å². The molecular formula is C14H23ClN2O. The van der Waals surface area contributed by atoms with Crippen molar-refractivity contribution in [2.45, 2.75) is 39.2 Å². The molecule has 0 unspecified atom stereocenters. The molecule has 0 saturated carbocycles. The third-order valence-corrected chi connectivity index (χ3v) is 3.40. The summed E-state index contributed by atoms with van der Waals surface area (Å²) in [5, 5.41) is 2.92. The lowest BCUT2D eigenvalue weighted by atomic mass is 9.94. The van der Waals surface area contributed by atoms with Crippen LogP contribution in [0.1, 0.15) is 42.6 Å². The van der Waals surface area contributed by atoms with Crippen LogP contribution in [-0.2, 0) is 0 Å². The summed E-state index contributed by atoms with van der Waals surface area (Å²) in [6, 6.07) is 7.57. The molecule has 0 radical (unpaired) electrons. The molecule has 1 amide bonds. The summed E-state index contributed by atoms with van der Waals surface area (Å²) in [4.78, 5) is 12.0. The molecule has 3 nitrogen and oxygen atoms in total. The molecule has 1 aromatic rings. The van der Waals surface area contributed by atoms with Crippen LogP contribution in [0.25, 0.3) is 0 Å². The molecule has 0 saturated heterocycles. The Morgan fingerprint density at radius 1 is 1.28 bits per heavy atom. The molecule has 18 heavy (non-hydrogen) atoms. The van der Waals surface area contributed by atoms with Gasteiger partial charge in [0.1, 0.15) is 0 Å². The minimum atomic E-state index is -0.293. The first-order chi connectivity index (χ1) is 8.02. The summed E-state index contributed by atoms with van der Waals surface area (Å²) in [6.45, 7) is 6.55. The predicted molar refractivity (Wildman–Crippen MR) is 78.3 cm³/mol. The molecule has 4 heteroatoms. The van der Waals surface area contributed by atoms with E-state index in [0.29, 0.717) is 6.54 Å². The minimum Gasteiger partial charge on any atom is -0.350 e. The number of hydrogen-bond donors (Lipinski definition) is 2. The van der Waals surface area contributed by atoms with Gasteiger partial charge in [-0.05, 0) is 31.4 Å². The van der Waals surface area contributed by atoms with Crippen molar-refractivity contribution in [2.75, 3.05) is 6.54 Å². The minimum absolute atomic E-state index is 0. The Morgan fingerprint density at radius 2 is 1.83 bits per heavy atom. The molecule has 102 valence electrons. The third-order valence-electron chi connectivity index (χ3n) is 3.40. The van der Waals surface area contributed by atoms with E-state index in [2.05, 4.69) is 5.32 Å². The van der Waals surface area contributed by atoms with Gasteiger partial charge in [0.15, 0.2) is 0 Å². The second-order valence-corrected chi connectivity index (χ2v) is 4.57. The van der Waals surface area contributed by atoms with Crippen molar-refractivity contribution in [3.8, 4) is 0 Å². The standard InChI is InChI=1S/C14H22N2O.ClH/c1-4-14(15,5-2)10-16-13(17)12-9-7-6-8-11(12)3;/h6-9H,4-5,10,15H2,1-3H3,(H,16,17);1H. The van der Waals surface area contributed by atoms with Crippen molar-refractivity contribution in [3.05, 3.63) is 35.4 Å². The first kappa shape index (κ1) is 16.9. The van der Waals surface area contributed by atoms with Crippen molar-refractivity contribution in [2.24, 2.45) is 5.73 Å². The van der Waals surface area contributed by atoms with Crippen LogP contribution in [0.3, 0.4) is 0 Å². The highest BCUT2D eigenvalue weighted by Crippen LogP contribution is 2.11. The summed E-state index contributed by atoms with van der Waals surface area (Å²) in [5.41, 5.74) is 7.56. The van der Waals surface area contributed by atoms with Crippen molar-refractivity contribution in [1.29, 1.82) is 0 Å². The maximum atomic E-state index is 12.0. The van der Waals surface area contributed by atoms with Crippen LogP contribution in [0.15, 0.2) is 24.3 Å². The normalized spacial score (nSPS) is 10.7. The van der Waals surface area contributed by atoms with E-state index in [4.69, 9.17) is 5.73 Å². The first-order valence-electron chi connectivity index (χ1n) is 6.15. The molecule has 0 heterocycles. The SMILES string of the molecule is CCC(N)(CC)CNC(=O)c1ccccc1C.Cl. The highest BCUT2D eigenvalue weighted by Gasteiger charge is 2.21. The molecule has 0 aromatic heterocycles. The molecular weight excluding hydrogens is 248 g/mol. The van der Waals surface area contributed by atoms with Crippen LogP contribution in [0.5, 0.6) is 0 Å². The average molecular weight is 271 g/mol. The lowest BCUT2D eigenvalue weighted by Crippen LogP contribution is -2.49. The number of halogens is 1. The number of aryl methyl sites for hydroxylation is 1. The van der Waals surface area contributed by atoms with E-state index in [-0.39, 0.29) is 23.9 Å². The van der Waals surface area contributed by atoms with E-state index in [0.717, 1.165) is 24.0 Å². The van der Waals surface area contributed by atoms with Gasteiger partial charge in [0.05, 0.1) is 0 Å². The number of amides is 1. The Kier molecular flexibility index (Phi) is 6.96. The zero-order valence-electron chi connectivity index (χ0n) is 11.3. The maximum Gasteiger partial charge on any atom is 0.251 e. The van der Waals surface area contributed by atoms with Crippen LogP contribution in [0.2, 0.25) is 0 Å². The van der Waals surface area contributed by atoms with Crippen molar-refractivity contribution < 1.29 is 4.79 Å². The van der Waals surface area contributed by atoms with Crippen LogP contribution in [-0.4, -0.2) is 18.0 Å². The number of hydrogen-bond acceptors (Lipinski definition) is 2. The number of nitrogens with one attached hydrogen (secondary N) is 1. The lowest BCUT2D eigenvalue weighted by molar-refractivity contribution is 0.0941. The van der Waals surface area contributed by atoms with Crippen LogP contribution < -0.4 is 11.1 Å². The summed E-state index contributed by atoms with van der Waals surface area (Å²) < 4.78 is 0. The van der Waals surface area contributed by atoms with Crippen LogP contribution >= 0.6 is 12.4 Å². The van der Waals surface area contributed by atoms with Gasteiger partial charge in [0.2, 0.25) is 0 Å². The number of rotatable bonds is 5. The van der Waals surface area contributed by atoms with Gasteiger partial charge in [0.25, 0.3) is 5.91 Å². The summed E-state index contributed by atoms with van der Waals surface area (Å²) in [7, 11) is 0. The molecule has 0 fully saturated rings. The summed E-state index contributed by atoms with van der Waals surface area (Å²) in [5.74, 6) is -0.0418. The largest absolute Gasteiger partial charge is 0.350 e. The van der Waals surface area contributed by atoms with E-state index in [1.54, 1.807) is 0 Å². The molecule has 1 aromatic carbocycles. The van der Waals surface area contributed by atoms with Gasteiger partial charge in [-0.25, -0.2) is 0 Å². The second kappa shape index (κ2) is 7.39. The number of benzene rings is 1.